The second kappa shape index (κ2) is 7.49. The molecule has 1 rings (SSSR count). The van der Waals surface area contributed by atoms with Gasteiger partial charge in [0, 0.05) is 12.6 Å². The normalized spacial score (nSPS) is 10.3. The van der Waals surface area contributed by atoms with Gasteiger partial charge in [0.25, 0.3) is 0 Å². The predicted molar refractivity (Wildman–Crippen MR) is 70.6 cm³/mol. The first-order valence-electron chi connectivity index (χ1n) is 5.62. The first kappa shape index (κ1) is 13.3. The molecule has 1 aromatic carbocycles. The summed E-state index contributed by atoms with van der Waals surface area (Å²) in [5.41, 5.74) is 2.44. The van der Waals surface area contributed by atoms with Crippen LogP contribution < -0.4 is 4.74 Å². The highest BCUT2D eigenvalue weighted by Gasteiger charge is 1.93. The van der Waals surface area contributed by atoms with Crippen molar-refractivity contribution in [3.63, 3.8) is 0 Å². The van der Waals surface area contributed by atoms with Gasteiger partial charge in [-0.1, -0.05) is 22.9 Å². The first-order chi connectivity index (χ1) is 8.22. The minimum atomic E-state index is 0.618. The van der Waals surface area contributed by atoms with Crippen molar-refractivity contribution in [2.75, 3.05) is 13.7 Å². The number of hydrogen-bond acceptors (Lipinski definition) is 3. The molecule has 0 heterocycles. The molecule has 17 heavy (non-hydrogen) atoms. The number of oxime groups is 1. The summed E-state index contributed by atoms with van der Waals surface area (Å²) >= 11 is 0. The van der Waals surface area contributed by atoms with Gasteiger partial charge in [-0.15, -0.1) is 0 Å². The average Bonchev–Trinajstić information content (AvgIpc) is 2.31. The lowest BCUT2D eigenvalue weighted by atomic mass is 10.2. The second-order valence-electron chi connectivity index (χ2n) is 3.91. The first-order valence-corrected chi connectivity index (χ1v) is 5.62. The van der Waals surface area contributed by atoms with Crippen molar-refractivity contribution in [3.8, 4) is 5.75 Å². The van der Waals surface area contributed by atoms with Gasteiger partial charge in [0.2, 0.25) is 0 Å². The minimum absolute atomic E-state index is 0.618. The topological polar surface area (TPSA) is 30.8 Å². The Hall–Kier alpha value is -1.77. The Balaban J connectivity index is 2.44. The minimum Gasteiger partial charge on any atom is -0.490 e. The second-order valence-corrected chi connectivity index (χ2v) is 3.91. The molecule has 0 bridgehead atoms. The zero-order valence-electron chi connectivity index (χ0n) is 10.6. The lowest BCUT2D eigenvalue weighted by Crippen LogP contribution is -1.94. The average molecular weight is 233 g/mol. The van der Waals surface area contributed by atoms with E-state index in [0.29, 0.717) is 6.61 Å². The number of allylic oxidation sites excluding steroid dienone is 1. The summed E-state index contributed by atoms with van der Waals surface area (Å²) in [6.07, 6.45) is 4.56. The van der Waals surface area contributed by atoms with E-state index < -0.39 is 0 Å². The SMILES string of the molecule is CON=CCc1ccc(OCC=C(C)C)cc1. The molecular weight excluding hydrogens is 214 g/mol. The fourth-order valence-electron chi connectivity index (χ4n) is 1.24. The zero-order chi connectivity index (χ0) is 12.5. The van der Waals surface area contributed by atoms with Gasteiger partial charge >= 0.3 is 0 Å². The molecule has 3 heteroatoms. The molecule has 92 valence electrons. The number of ether oxygens (including phenoxy) is 1. The van der Waals surface area contributed by atoms with Crippen molar-refractivity contribution < 1.29 is 9.57 Å². The smallest absolute Gasteiger partial charge is 0.119 e. The molecule has 3 nitrogen and oxygen atoms in total. The zero-order valence-corrected chi connectivity index (χ0v) is 10.6. The van der Waals surface area contributed by atoms with Crippen LogP contribution in [0.5, 0.6) is 5.75 Å². The summed E-state index contributed by atoms with van der Waals surface area (Å²) in [5, 5.41) is 3.69. The summed E-state index contributed by atoms with van der Waals surface area (Å²) in [6.45, 7) is 4.73. The summed E-state index contributed by atoms with van der Waals surface area (Å²) in [4.78, 5) is 4.60. The Morgan fingerprint density at radius 2 is 1.94 bits per heavy atom. The van der Waals surface area contributed by atoms with Gasteiger partial charge in [-0.25, -0.2) is 0 Å². The molecule has 0 amide bonds. The van der Waals surface area contributed by atoms with E-state index in [9.17, 15) is 0 Å². The van der Waals surface area contributed by atoms with E-state index >= 15 is 0 Å². The van der Waals surface area contributed by atoms with Crippen molar-refractivity contribution in [2.45, 2.75) is 20.3 Å². The fourth-order valence-corrected chi connectivity index (χ4v) is 1.24. The molecule has 0 unspecified atom stereocenters. The molecule has 0 saturated heterocycles. The molecule has 0 aliphatic carbocycles. The highest BCUT2D eigenvalue weighted by molar-refractivity contribution is 5.60. The number of hydrogen-bond donors (Lipinski definition) is 0. The predicted octanol–water partition coefficient (Wildman–Crippen LogP) is 3.21. The van der Waals surface area contributed by atoms with Gasteiger partial charge in [0.05, 0.1) is 0 Å². The molecule has 0 spiro atoms. The van der Waals surface area contributed by atoms with Gasteiger partial charge in [-0.05, 0) is 37.6 Å². The summed E-state index contributed by atoms with van der Waals surface area (Å²) in [5.74, 6) is 0.884. The summed E-state index contributed by atoms with van der Waals surface area (Å²) in [7, 11) is 1.54. The van der Waals surface area contributed by atoms with Crippen LogP contribution in [0.4, 0.5) is 0 Å². The van der Waals surface area contributed by atoms with E-state index in [4.69, 9.17) is 4.74 Å². The molecule has 0 fully saturated rings. The molecule has 0 aliphatic heterocycles. The Bertz CT molecular complexity index is 376. The fraction of sp³-hybridized carbons (Fsp3) is 0.357. The quantitative estimate of drug-likeness (QED) is 0.429. The van der Waals surface area contributed by atoms with Gasteiger partial charge in [0.15, 0.2) is 0 Å². The Labute approximate surface area is 103 Å². The van der Waals surface area contributed by atoms with E-state index in [1.54, 1.807) is 6.21 Å². The maximum absolute atomic E-state index is 5.56. The maximum atomic E-state index is 5.56. The number of rotatable bonds is 6. The highest BCUT2D eigenvalue weighted by Crippen LogP contribution is 2.12. The standard InChI is InChI=1S/C14H19NO2/c1-12(2)9-11-17-14-6-4-13(5-7-14)8-10-15-16-3/h4-7,9-10H,8,11H2,1-3H3. The molecular formula is C14H19NO2. The molecule has 0 saturated carbocycles. The van der Waals surface area contributed by atoms with Gasteiger partial charge in [0.1, 0.15) is 19.5 Å². The number of nitrogens with zero attached hydrogens (tertiary/aromatic N) is 1. The van der Waals surface area contributed by atoms with Gasteiger partial charge in [-0.3, -0.25) is 0 Å². The van der Waals surface area contributed by atoms with Crippen molar-refractivity contribution in [3.05, 3.63) is 41.5 Å². The molecule has 1 aromatic rings. The van der Waals surface area contributed by atoms with Crippen LogP contribution in [0.3, 0.4) is 0 Å². The van der Waals surface area contributed by atoms with E-state index in [2.05, 4.69) is 29.9 Å². The van der Waals surface area contributed by atoms with Crippen molar-refractivity contribution >= 4 is 6.21 Å². The Kier molecular flexibility index (Phi) is 5.86. The lowest BCUT2D eigenvalue weighted by Gasteiger charge is -2.04. The summed E-state index contributed by atoms with van der Waals surface area (Å²) < 4.78 is 5.56. The van der Waals surface area contributed by atoms with Crippen LogP contribution in [-0.2, 0) is 11.3 Å². The van der Waals surface area contributed by atoms with Crippen molar-refractivity contribution in [1.82, 2.24) is 0 Å². The Morgan fingerprint density at radius 1 is 1.24 bits per heavy atom. The van der Waals surface area contributed by atoms with Crippen LogP contribution in [-0.4, -0.2) is 19.9 Å². The van der Waals surface area contributed by atoms with E-state index in [0.717, 1.165) is 12.2 Å². The largest absolute Gasteiger partial charge is 0.490 e. The molecule has 0 atom stereocenters. The molecule has 0 N–H and O–H groups in total. The molecule has 0 aromatic heterocycles. The molecule has 0 radical (unpaired) electrons. The maximum Gasteiger partial charge on any atom is 0.119 e. The highest BCUT2D eigenvalue weighted by atomic mass is 16.6. The van der Waals surface area contributed by atoms with Crippen molar-refractivity contribution in [1.29, 1.82) is 0 Å². The third kappa shape index (κ3) is 5.76. The van der Waals surface area contributed by atoms with Gasteiger partial charge < -0.3 is 9.57 Å². The van der Waals surface area contributed by atoms with Crippen LogP contribution in [0.1, 0.15) is 19.4 Å². The lowest BCUT2D eigenvalue weighted by molar-refractivity contribution is 0.215. The molecule has 0 aliphatic rings. The van der Waals surface area contributed by atoms with Gasteiger partial charge in [-0.2, -0.15) is 0 Å². The number of benzene rings is 1. The third-order valence-corrected chi connectivity index (χ3v) is 2.17. The van der Waals surface area contributed by atoms with E-state index in [1.165, 1.54) is 18.2 Å². The van der Waals surface area contributed by atoms with Crippen LogP contribution in [0.2, 0.25) is 0 Å². The monoisotopic (exact) mass is 233 g/mol. The van der Waals surface area contributed by atoms with Crippen LogP contribution in [0.15, 0.2) is 41.1 Å². The Morgan fingerprint density at radius 3 is 2.53 bits per heavy atom. The third-order valence-electron chi connectivity index (χ3n) is 2.17. The van der Waals surface area contributed by atoms with E-state index in [1.807, 2.05) is 24.3 Å². The summed E-state index contributed by atoms with van der Waals surface area (Å²) in [6, 6.07) is 7.99. The van der Waals surface area contributed by atoms with E-state index in [-0.39, 0.29) is 0 Å². The van der Waals surface area contributed by atoms with Crippen LogP contribution in [0.25, 0.3) is 0 Å². The van der Waals surface area contributed by atoms with Crippen molar-refractivity contribution in [2.24, 2.45) is 5.16 Å². The van der Waals surface area contributed by atoms with Crippen LogP contribution >= 0.6 is 0 Å². The van der Waals surface area contributed by atoms with Crippen LogP contribution in [0, 0.1) is 0 Å².